The van der Waals surface area contributed by atoms with E-state index < -0.39 is 0 Å². The number of carbonyl (C=O) groups is 1. The molecule has 0 saturated carbocycles. The first-order valence-electron chi connectivity index (χ1n) is 6.28. The van der Waals surface area contributed by atoms with Crippen LogP contribution in [0.25, 0.3) is 0 Å². The lowest BCUT2D eigenvalue weighted by Gasteiger charge is -2.28. The van der Waals surface area contributed by atoms with E-state index >= 15 is 0 Å². The van der Waals surface area contributed by atoms with Gasteiger partial charge in [0.15, 0.2) is 6.29 Å². The first-order chi connectivity index (χ1) is 8.70. The van der Waals surface area contributed by atoms with Crippen LogP contribution in [0.2, 0.25) is 0 Å². The van der Waals surface area contributed by atoms with E-state index in [1.54, 1.807) is 0 Å². The zero-order valence-electron chi connectivity index (χ0n) is 10.6. The van der Waals surface area contributed by atoms with Crippen LogP contribution in [0.4, 0.5) is 5.69 Å². The molecule has 0 amide bonds. The molecule has 0 bridgehead atoms. The predicted octanol–water partition coefficient (Wildman–Crippen LogP) is 3.27. The Labute approximate surface area is 116 Å². The molecule has 2 rings (SSSR count). The van der Waals surface area contributed by atoms with Gasteiger partial charge in [-0.05, 0) is 53.4 Å². The molecule has 0 spiro atoms. The number of hydrogen-bond donors (Lipinski definition) is 0. The number of aldehydes is 1. The van der Waals surface area contributed by atoms with Crippen molar-refractivity contribution in [3.05, 3.63) is 28.2 Å². The number of likely N-dealkylation sites (N-methyl/N-ethyl adjacent to an activating group) is 1. The predicted molar refractivity (Wildman–Crippen MR) is 76.4 cm³/mol. The van der Waals surface area contributed by atoms with E-state index in [2.05, 4.69) is 27.9 Å². The first kappa shape index (κ1) is 13.6. The normalized spacial score (nSPS) is 19.6. The largest absolute Gasteiger partial charge is 0.376 e. The zero-order valence-corrected chi connectivity index (χ0v) is 12.1. The molecule has 0 aliphatic carbocycles. The Kier molecular flexibility index (Phi) is 4.78. The van der Waals surface area contributed by atoms with E-state index in [-0.39, 0.29) is 0 Å². The Morgan fingerprint density at radius 2 is 2.33 bits per heavy atom. The van der Waals surface area contributed by atoms with Crippen LogP contribution in [0.3, 0.4) is 0 Å². The summed E-state index contributed by atoms with van der Waals surface area (Å²) in [6.45, 7) is 1.78. The van der Waals surface area contributed by atoms with Crippen LogP contribution < -0.4 is 4.90 Å². The van der Waals surface area contributed by atoms with Crippen LogP contribution in [0.1, 0.15) is 29.6 Å². The number of anilines is 1. The maximum atomic E-state index is 10.8. The fourth-order valence-corrected chi connectivity index (χ4v) is 2.67. The van der Waals surface area contributed by atoms with Gasteiger partial charge in [0, 0.05) is 35.9 Å². The van der Waals surface area contributed by atoms with E-state index in [9.17, 15) is 4.79 Å². The molecule has 1 fully saturated rings. The van der Waals surface area contributed by atoms with Crippen molar-refractivity contribution in [3.63, 3.8) is 0 Å². The van der Waals surface area contributed by atoms with Crippen molar-refractivity contribution in [1.29, 1.82) is 0 Å². The summed E-state index contributed by atoms with van der Waals surface area (Å²) >= 11 is 3.41. The number of carbonyl (C=O) groups excluding carboxylic acids is 1. The van der Waals surface area contributed by atoms with Crippen molar-refractivity contribution in [2.24, 2.45) is 0 Å². The summed E-state index contributed by atoms with van der Waals surface area (Å²) in [6.07, 6.45) is 4.76. The topological polar surface area (TPSA) is 29.5 Å². The molecule has 0 radical (unpaired) electrons. The van der Waals surface area contributed by atoms with Crippen molar-refractivity contribution >= 4 is 27.9 Å². The highest BCUT2D eigenvalue weighted by Gasteiger charge is 2.16. The van der Waals surface area contributed by atoms with Crippen LogP contribution in [0.5, 0.6) is 0 Å². The van der Waals surface area contributed by atoms with Gasteiger partial charge in [-0.15, -0.1) is 0 Å². The van der Waals surface area contributed by atoms with Crippen LogP contribution in [0, 0.1) is 0 Å². The Morgan fingerprint density at radius 3 is 2.94 bits per heavy atom. The molecular weight excluding hydrogens is 294 g/mol. The Balaban J connectivity index is 2.01. The highest BCUT2D eigenvalue weighted by Crippen LogP contribution is 2.23. The second-order valence-corrected chi connectivity index (χ2v) is 5.55. The molecule has 1 saturated heterocycles. The van der Waals surface area contributed by atoms with Crippen LogP contribution in [-0.4, -0.2) is 32.6 Å². The van der Waals surface area contributed by atoms with E-state index in [1.165, 1.54) is 12.8 Å². The Hall–Kier alpha value is -0.870. The standard InChI is InChI=1S/C14H18BrNO2/c1-16(9-13-4-2-3-7-18-13)12-6-5-11(10-17)14(15)8-12/h5-6,8,10,13H,2-4,7,9H2,1H3. The summed E-state index contributed by atoms with van der Waals surface area (Å²) in [7, 11) is 2.06. The molecule has 1 aromatic carbocycles. The molecule has 98 valence electrons. The highest BCUT2D eigenvalue weighted by molar-refractivity contribution is 9.10. The first-order valence-corrected chi connectivity index (χ1v) is 7.07. The number of halogens is 1. The second-order valence-electron chi connectivity index (χ2n) is 4.69. The van der Waals surface area contributed by atoms with Gasteiger partial charge in [0.25, 0.3) is 0 Å². The van der Waals surface area contributed by atoms with Gasteiger partial charge in [-0.3, -0.25) is 4.79 Å². The van der Waals surface area contributed by atoms with Crippen molar-refractivity contribution in [2.75, 3.05) is 25.1 Å². The zero-order chi connectivity index (χ0) is 13.0. The fourth-order valence-electron chi connectivity index (χ4n) is 2.21. The van der Waals surface area contributed by atoms with Crippen LogP contribution in [-0.2, 0) is 4.74 Å². The van der Waals surface area contributed by atoms with Crippen molar-refractivity contribution in [3.8, 4) is 0 Å². The lowest BCUT2D eigenvalue weighted by molar-refractivity contribution is 0.0216. The summed E-state index contributed by atoms with van der Waals surface area (Å²) in [6, 6.07) is 5.79. The van der Waals surface area contributed by atoms with E-state index in [0.29, 0.717) is 11.7 Å². The number of nitrogens with zero attached hydrogens (tertiary/aromatic N) is 1. The number of hydrogen-bond acceptors (Lipinski definition) is 3. The lowest BCUT2D eigenvalue weighted by Crippen LogP contribution is -2.33. The van der Waals surface area contributed by atoms with Crippen LogP contribution in [0.15, 0.2) is 22.7 Å². The highest BCUT2D eigenvalue weighted by atomic mass is 79.9. The van der Waals surface area contributed by atoms with Gasteiger partial charge >= 0.3 is 0 Å². The van der Waals surface area contributed by atoms with Gasteiger partial charge in [-0.1, -0.05) is 0 Å². The average molecular weight is 312 g/mol. The molecule has 0 N–H and O–H groups in total. The van der Waals surface area contributed by atoms with E-state index in [1.807, 2.05) is 18.2 Å². The monoisotopic (exact) mass is 311 g/mol. The van der Waals surface area contributed by atoms with Crippen molar-refractivity contribution < 1.29 is 9.53 Å². The number of ether oxygens (including phenoxy) is 1. The molecule has 4 heteroatoms. The maximum absolute atomic E-state index is 10.8. The summed E-state index contributed by atoms with van der Waals surface area (Å²) in [5, 5.41) is 0. The minimum Gasteiger partial charge on any atom is -0.376 e. The average Bonchev–Trinajstić information content (AvgIpc) is 2.39. The third-order valence-electron chi connectivity index (χ3n) is 3.30. The Bertz CT molecular complexity index is 416. The summed E-state index contributed by atoms with van der Waals surface area (Å²) in [5.41, 5.74) is 1.78. The smallest absolute Gasteiger partial charge is 0.151 e. The summed E-state index contributed by atoms with van der Waals surface area (Å²) < 4.78 is 6.57. The summed E-state index contributed by atoms with van der Waals surface area (Å²) in [5.74, 6) is 0. The van der Waals surface area contributed by atoms with Crippen molar-refractivity contribution in [1.82, 2.24) is 0 Å². The van der Waals surface area contributed by atoms with Gasteiger partial charge in [-0.25, -0.2) is 0 Å². The number of rotatable bonds is 4. The molecule has 1 unspecified atom stereocenters. The van der Waals surface area contributed by atoms with Crippen LogP contribution >= 0.6 is 15.9 Å². The molecule has 1 aromatic rings. The molecular formula is C14H18BrNO2. The fraction of sp³-hybridized carbons (Fsp3) is 0.500. The lowest BCUT2D eigenvalue weighted by atomic mass is 10.1. The Morgan fingerprint density at radius 1 is 1.50 bits per heavy atom. The molecule has 1 aliphatic rings. The van der Waals surface area contributed by atoms with Gasteiger partial charge in [0.1, 0.15) is 0 Å². The third-order valence-corrected chi connectivity index (χ3v) is 3.99. The molecule has 1 atom stereocenters. The van der Waals surface area contributed by atoms with E-state index in [0.717, 1.165) is 36.0 Å². The third kappa shape index (κ3) is 3.33. The van der Waals surface area contributed by atoms with Gasteiger partial charge < -0.3 is 9.64 Å². The minimum absolute atomic E-state index is 0.327. The molecule has 0 aromatic heterocycles. The molecule has 18 heavy (non-hydrogen) atoms. The van der Waals surface area contributed by atoms with Crippen molar-refractivity contribution in [2.45, 2.75) is 25.4 Å². The van der Waals surface area contributed by atoms with E-state index in [4.69, 9.17) is 4.74 Å². The quantitative estimate of drug-likeness (QED) is 0.799. The van der Waals surface area contributed by atoms with Gasteiger partial charge in [-0.2, -0.15) is 0 Å². The van der Waals surface area contributed by atoms with Gasteiger partial charge in [0.05, 0.1) is 6.10 Å². The minimum atomic E-state index is 0.327. The molecule has 1 aliphatic heterocycles. The maximum Gasteiger partial charge on any atom is 0.151 e. The number of benzene rings is 1. The molecule has 1 heterocycles. The molecule has 3 nitrogen and oxygen atoms in total. The second kappa shape index (κ2) is 6.34. The van der Waals surface area contributed by atoms with Gasteiger partial charge in [0.2, 0.25) is 0 Å². The summed E-state index contributed by atoms with van der Waals surface area (Å²) in [4.78, 5) is 12.9. The SMILES string of the molecule is CN(CC1CCCCO1)c1ccc(C=O)c(Br)c1.